The molecule has 0 spiro atoms. The molecule has 7 heteroatoms. The van der Waals surface area contributed by atoms with Crippen LogP contribution in [0.15, 0.2) is 97.6 Å². The lowest BCUT2D eigenvalue weighted by Gasteiger charge is -2.38. The minimum atomic E-state index is -0.845. The van der Waals surface area contributed by atoms with E-state index in [-0.39, 0.29) is 5.75 Å². The van der Waals surface area contributed by atoms with Crippen LogP contribution in [-0.2, 0) is 0 Å². The van der Waals surface area contributed by atoms with Gasteiger partial charge in [0.1, 0.15) is 18.1 Å². The number of para-hydroxylation sites is 1. The number of phenolic OH excluding ortho intramolecular Hbond substituents is 1. The Labute approximate surface area is 202 Å². The van der Waals surface area contributed by atoms with E-state index in [1.165, 1.54) is 5.01 Å². The highest BCUT2D eigenvalue weighted by atomic mass is 16.5. The molecule has 35 heavy (non-hydrogen) atoms. The fraction of sp³-hybridized carbons (Fsp3) is 0.0714. The predicted octanol–water partition coefficient (Wildman–Crippen LogP) is 5.02. The Balaban J connectivity index is 1.54. The number of hydrogen-bond donors (Lipinski definition) is 3. The van der Waals surface area contributed by atoms with Crippen molar-refractivity contribution < 1.29 is 19.4 Å². The number of amides is 2. The second kappa shape index (κ2) is 9.23. The summed E-state index contributed by atoms with van der Waals surface area (Å²) < 4.78 is 5.47. The van der Waals surface area contributed by atoms with Gasteiger partial charge in [-0.2, -0.15) is 0 Å². The first-order chi connectivity index (χ1) is 17.1. The number of carbonyl (C=O) groups excluding carboxylic acids is 2. The molecule has 174 valence electrons. The van der Waals surface area contributed by atoms with E-state index in [1.54, 1.807) is 54.6 Å². The van der Waals surface area contributed by atoms with Crippen molar-refractivity contribution in [3.05, 3.63) is 114 Å². The van der Waals surface area contributed by atoms with Crippen molar-refractivity contribution >= 4 is 28.3 Å². The summed E-state index contributed by atoms with van der Waals surface area (Å²) in [6, 6.07) is 24.6. The Bertz CT molecular complexity index is 1430. The lowest BCUT2D eigenvalue weighted by Crippen LogP contribution is -2.52. The third-order valence-corrected chi connectivity index (χ3v) is 5.85. The lowest BCUT2D eigenvalue weighted by atomic mass is 9.98. The number of hydrazine groups is 1. The van der Waals surface area contributed by atoms with E-state index in [9.17, 15) is 14.7 Å². The summed E-state index contributed by atoms with van der Waals surface area (Å²) in [6.07, 6.45) is 0.790. The molecule has 3 N–H and O–H groups in total. The van der Waals surface area contributed by atoms with Gasteiger partial charge in [-0.25, -0.2) is 5.01 Å². The monoisotopic (exact) mass is 465 g/mol. The number of carbonyl (C=O) groups is 2. The number of anilines is 1. The van der Waals surface area contributed by atoms with Crippen LogP contribution in [0.25, 0.3) is 10.8 Å². The van der Waals surface area contributed by atoms with E-state index in [0.717, 1.165) is 10.8 Å². The van der Waals surface area contributed by atoms with Gasteiger partial charge in [-0.15, -0.1) is 0 Å². The van der Waals surface area contributed by atoms with Crippen molar-refractivity contribution in [3.8, 4) is 11.5 Å². The second-order valence-electron chi connectivity index (χ2n) is 8.05. The fourth-order valence-electron chi connectivity index (χ4n) is 4.17. The SMILES string of the molecule is C=CCOc1ccc(C(=O)NN2C(=O)c3ccccc3NC2c2c(O)ccc3ccccc23)cc1. The topological polar surface area (TPSA) is 90.9 Å². The van der Waals surface area contributed by atoms with Crippen molar-refractivity contribution in [2.24, 2.45) is 0 Å². The van der Waals surface area contributed by atoms with Crippen LogP contribution in [0, 0.1) is 0 Å². The number of ether oxygens (including phenoxy) is 1. The van der Waals surface area contributed by atoms with Crippen LogP contribution in [0.3, 0.4) is 0 Å². The van der Waals surface area contributed by atoms with E-state index >= 15 is 0 Å². The number of hydrogen-bond acceptors (Lipinski definition) is 5. The van der Waals surface area contributed by atoms with Crippen molar-refractivity contribution in [1.29, 1.82) is 0 Å². The van der Waals surface area contributed by atoms with Crippen molar-refractivity contribution in [3.63, 3.8) is 0 Å². The number of fused-ring (bicyclic) bond motifs is 2. The van der Waals surface area contributed by atoms with Crippen molar-refractivity contribution in [2.45, 2.75) is 6.17 Å². The number of nitrogens with one attached hydrogen (secondary N) is 2. The number of aromatic hydroxyl groups is 1. The molecule has 0 saturated carbocycles. The molecule has 2 amide bonds. The maximum atomic E-state index is 13.5. The zero-order valence-corrected chi connectivity index (χ0v) is 18.8. The van der Waals surface area contributed by atoms with Crippen LogP contribution in [0.4, 0.5) is 5.69 Å². The molecule has 1 heterocycles. The molecule has 0 aliphatic carbocycles. The van der Waals surface area contributed by atoms with Crippen LogP contribution in [0.2, 0.25) is 0 Å². The van der Waals surface area contributed by atoms with Crippen LogP contribution in [0.5, 0.6) is 11.5 Å². The molecule has 0 radical (unpaired) electrons. The minimum absolute atomic E-state index is 0.0105. The zero-order valence-electron chi connectivity index (χ0n) is 18.8. The number of nitrogens with zero attached hydrogens (tertiary/aromatic N) is 1. The highest BCUT2D eigenvalue weighted by Crippen LogP contribution is 2.39. The van der Waals surface area contributed by atoms with E-state index in [0.29, 0.717) is 34.7 Å². The molecule has 0 saturated heterocycles. The first-order valence-corrected chi connectivity index (χ1v) is 11.1. The zero-order chi connectivity index (χ0) is 24.4. The maximum Gasteiger partial charge on any atom is 0.276 e. The van der Waals surface area contributed by atoms with E-state index in [4.69, 9.17) is 4.74 Å². The second-order valence-corrected chi connectivity index (χ2v) is 8.05. The number of phenols is 1. The molecular weight excluding hydrogens is 442 g/mol. The summed E-state index contributed by atoms with van der Waals surface area (Å²) in [5.74, 6) is -0.253. The Morgan fingerprint density at radius 1 is 1.03 bits per heavy atom. The first kappa shape index (κ1) is 22.0. The van der Waals surface area contributed by atoms with Gasteiger partial charge in [0.05, 0.1) is 5.56 Å². The number of rotatable bonds is 6. The summed E-state index contributed by atoms with van der Waals surface area (Å²) in [5.41, 5.74) is 4.61. The molecule has 0 fully saturated rings. The van der Waals surface area contributed by atoms with Gasteiger partial charge in [0.2, 0.25) is 0 Å². The largest absolute Gasteiger partial charge is 0.507 e. The summed E-state index contributed by atoms with van der Waals surface area (Å²) in [5, 5.41) is 17.1. The molecule has 4 aromatic carbocycles. The van der Waals surface area contributed by atoms with Crippen molar-refractivity contribution in [2.75, 3.05) is 11.9 Å². The number of benzene rings is 4. The van der Waals surface area contributed by atoms with Crippen LogP contribution >= 0.6 is 0 Å². The highest BCUT2D eigenvalue weighted by molar-refractivity contribution is 6.04. The van der Waals surface area contributed by atoms with Gasteiger partial charge >= 0.3 is 0 Å². The van der Waals surface area contributed by atoms with E-state index < -0.39 is 18.0 Å². The molecule has 0 aromatic heterocycles. The molecule has 1 aliphatic heterocycles. The normalized spacial score (nSPS) is 14.7. The average Bonchev–Trinajstić information content (AvgIpc) is 2.89. The molecule has 0 bridgehead atoms. The molecule has 7 nitrogen and oxygen atoms in total. The molecule has 1 atom stereocenters. The highest BCUT2D eigenvalue weighted by Gasteiger charge is 2.36. The van der Waals surface area contributed by atoms with Crippen molar-refractivity contribution in [1.82, 2.24) is 10.4 Å². The Morgan fingerprint density at radius 3 is 2.57 bits per heavy atom. The van der Waals surface area contributed by atoms with Gasteiger partial charge < -0.3 is 15.2 Å². The molecular formula is C28H23N3O4. The van der Waals surface area contributed by atoms with Gasteiger partial charge in [0.25, 0.3) is 11.8 Å². The van der Waals surface area contributed by atoms with Gasteiger partial charge in [-0.05, 0) is 53.2 Å². The Hall–Kier alpha value is -4.78. The summed E-state index contributed by atoms with van der Waals surface area (Å²) in [7, 11) is 0. The molecule has 5 rings (SSSR count). The molecule has 1 unspecified atom stereocenters. The summed E-state index contributed by atoms with van der Waals surface area (Å²) >= 11 is 0. The Kier molecular flexibility index (Phi) is 5.81. The Morgan fingerprint density at radius 2 is 1.77 bits per heavy atom. The first-order valence-electron chi connectivity index (χ1n) is 11.1. The van der Waals surface area contributed by atoms with Crippen LogP contribution in [0.1, 0.15) is 32.4 Å². The summed E-state index contributed by atoms with van der Waals surface area (Å²) in [4.78, 5) is 26.7. The van der Waals surface area contributed by atoms with Gasteiger partial charge in [0.15, 0.2) is 6.17 Å². The quantitative estimate of drug-likeness (QED) is 0.348. The lowest BCUT2D eigenvalue weighted by molar-refractivity contribution is 0.0490. The van der Waals surface area contributed by atoms with Gasteiger partial charge in [-0.1, -0.05) is 55.1 Å². The summed E-state index contributed by atoms with van der Waals surface area (Å²) in [6.45, 7) is 3.97. The third-order valence-electron chi connectivity index (χ3n) is 5.85. The van der Waals surface area contributed by atoms with Crippen LogP contribution in [-0.4, -0.2) is 28.5 Å². The third kappa shape index (κ3) is 4.15. The van der Waals surface area contributed by atoms with Gasteiger partial charge in [0, 0.05) is 16.8 Å². The van der Waals surface area contributed by atoms with Gasteiger partial charge in [-0.3, -0.25) is 15.0 Å². The molecule has 1 aliphatic rings. The minimum Gasteiger partial charge on any atom is -0.507 e. The predicted molar refractivity (Wildman–Crippen MR) is 134 cm³/mol. The standard InChI is InChI=1S/C28H23N3O4/c1-2-17-35-20-14-11-19(12-15-20)27(33)30-31-26(29-23-10-6-5-9-22(23)28(31)34)25-21-8-4-3-7-18(21)13-16-24(25)32/h2-16,26,29,32H,1,17H2,(H,30,33). The fourth-order valence-corrected chi connectivity index (χ4v) is 4.17. The average molecular weight is 466 g/mol. The van der Waals surface area contributed by atoms with E-state index in [1.807, 2.05) is 36.4 Å². The van der Waals surface area contributed by atoms with E-state index in [2.05, 4.69) is 17.3 Å². The van der Waals surface area contributed by atoms with Crippen LogP contribution < -0.4 is 15.5 Å². The smallest absolute Gasteiger partial charge is 0.276 e. The maximum absolute atomic E-state index is 13.5. The molecule has 4 aromatic rings.